The van der Waals surface area contributed by atoms with E-state index in [1.807, 2.05) is 12.1 Å². The number of carbonyl (C=O) groups excluding carboxylic acids is 1. The molecule has 0 spiro atoms. The lowest BCUT2D eigenvalue weighted by Crippen LogP contribution is -2.12. The van der Waals surface area contributed by atoms with Crippen molar-refractivity contribution in [2.45, 2.75) is 13.1 Å². The monoisotopic (exact) mass is 328 g/mol. The van der Waals surface area contributed by atoms with Crippen LogP contribution in [0.2, 0.25) is 0 Å². The molecule has 2 aromatic rings. The molecule has 0 bridgehead atoms. The summed E-state index contributed by atoms with van der Waals surface area (Å²) < 4.78 is 5.76. The molecule has 0 saturated heterocycles. The summed E-state index contributed by atoms with van der Waals surface area (Å²) in [6.07, 6.45) is 0. The Morgan fingerprint density at radius 1 is 1.39 bits per heavy atom. The Morgan fingerprint density at radius 2 is 2.22 bits per heavy atom. The minimum atomic E-state index is -0.344. The van der Waals surface area contributed by atoms with E-state index in [1.54, 1.807) is 17.4 Å². The topological polar surface area (TPSA) is 54.1 Å². The Bertz CT molecular complexity index is 536. The van der Waals surface area contributed by atoms with Crippen molar-refractivity contribution in [1.29, 1.82) is 0 Å². The van der Waals surface area contributed by atoms with Crippen molar-refractivity contribution < 1.29 is 9.53 Å². The van der Waals surface area contributed by atoms with Crippen LogP contribution in [-0.2, 0) is 17.8 Å². The second kappa shape index (κ2) is 6.17. The van der Waals surface area contributed by atoms with Crippen molar-refractivity contribution in [1.82, 2.24) is 10.3 Å². The van der Waals surface area contributed by atoms with Crippen LogP contribution < -0.4 is 5.32 Å². The van der Waals surface area contributed by atoms with Crippen molar-refractivity contribution in [2.24, 2.45) is 0 Å². The lowest BCUT2D eigenvalue weighted by atomic mass is 10.4. The minimum absolute atomic E-state index is 0.344. The van der Waals surface area contributed by atoms with Gasteiger partial charge in [0.25, 0.3) is 0 Å². The Hall–Kier alpha value is -1.11. The quantitative estimate of drug-likeness (QED) is 0.830. The van der Waals surface area contributed by atoms with Gasteiger partial charge in [-0.05, 0) is 40.2 Å². The van der Waals surface area contributed by atoms with Crippen molar-refractivity contribution >= 4 is 33.2 Å². The molecule has 0 aliphatic heterocycles. The average Bonchev–Trinajstić information content (AvgIpc) is 2.98. The van der Waals surface area contributed by atoms with Crippen molar-refractivity contribution in [3.63, 3.8) is 0 Å². The molecule has 2 aromatic heterocycles. The van der Waals surface area contributed by atoms with Gasteiger partial charge in [-0.2, -0.15) is 0 Å². The van der Waals surface area contributed by atoms with Crippen LogP contribution in [0.1, 0.15) is 21.1 Å². The van der Waals surface area contributed by atoms with Crippen LogP contribution >= 0.6 is 27.3 Å². The molecule has 0 atom stereocenters. The van der Waals surface area contributed by atoms with Gasteiger partial charge in [-0.15, -0.1) is 11.3 Å². The first-order valence-corrected chi connectivity index (χ1v) is 7.01. The summed E-state index contributed by atoms with van der Waals surface area (Å²) in [5.74, 6) is -0.344. The van der Waals surface area contributed by atoms with Gasteiger partial charge < -0.3 is 15.0 Å². The highest BCUT2D eigenvalue weighted by atomic mass is 79.9. The lowest BCUT2D eigenvalue weighted by molar-refractivity contribution is 0.0594. The molecular formula is C12H13BrN2O2S. The molecule has 6 heteroatoms. The number of carbonyl (C=O) groups is 1. The molecule has 0 fully saturated rings. The molecule has 18 heavy (non-hydrogen) atoms. The van der Waals surface area contributed by atoms with Crippen molar-refractivity contribution in [3.05, 3.63) is 44.3 Å². The third kappa shape index (κ3) is 3.44. The Kier molecular flexibility index (Phi) is 4.57. The molecule has 0 saturated carbocycles. The average molecular weight is 329 g/mol. The molecule has 2 rings (SSSR count). The van der Waals surface area contributed by atoms with Crippen LogP contribution in [0.15, 0.2) is 28.1 Å². The number of aromatic amines is 1. The number of hydrogen-bond donors (Lipinski definition) is 2. The molecule has 96 valence electrons. The number of hydrogen-bond acceptors (Lipinski definition) is 4. The fourth-order valence-corrected chi connectivity index (χ4v) is 2.99. The standard InChI is InChI=1S/C12H13BrN2O2S/c1-17-12(16)10-4-2-8(15-10)6-14-7-9-3-5-11(13)18-9/h2-5,14-15H,6-7H2,1H3. The number of methoxy groups -OCH3 is 1. The first-order valence-electron chi connectivity index (χ1n) is 5.40. The molecule has 0 aliphatic carbocycles. The molecule has 2 N–H and O–H groups in total. The summed E-state index contributed by atoms with van der Waals surface area (Å²) in [6.45, 7) is 1.50. The molecule has 0 aromatic carbocycles. The molecule has 0 radical (unpaired) electrons. The van der Waals surface area contributed by atoms with Gasteiger partial charge in [0.05, 0.1) is 10.9 Å². The first-order chi connectivity index (χ1) is 8.69. The van der Waals surface area contributed by atoms with Crippen LogP contribution in [0.3, 0.4) is 0 Å². The van der Waals surface area contributed by atoms with Crippen LogP contribution in [0.5, 0.6) is 0 Å². The van der Waals surface area contributed by atoms with E-state index >= 15 is 0 Å². The highest BCUT2D eigenvalue weighted by molar-refractivity contribution is 9.11. The maximum atomic E-state index is 11.2. The first kappa shape index (κ1) is 13.3. The highest BCUT2D eigenvalue weighted by Gasteiger charge is 2.07. The second-order valence-electron chi connectivity index (χ2n) is 3.70. The third-order valence-corrected chi connectivity index (χ3v) is 4.02. The lowest BCUT2D eigenvalue weighted by Gasteiger charge is -2.01. The minimum Gasteiger partial charge on any atom is -0.464 e. The van der Waals surface area contributed by atoms with E-state index in [0.29, 0.717) is 12.2 Å². The molecule has 4 nitrogen and oxygen atoms in total. The summed E-state index contributed by atoms with van der Waals surface area (Å²) >= 11 is 5.14. The number of thiophene rings is 1. The summed E-state index contributed by atoms with van der Waals surface area (Å²) in [5, 5.41) is 3.31. The Balaban J connectivity index is 1.83. The van der Waals surface area contributed by atoms with E-state index in [9.17, 15) is 4.79 Å². The van der Waals surface area contributed by atoms with Gasteiger partial charge >= 0.3 is 5.97 Å². The number of aromatic nitrogens is 1. The summed E-state index contributed by atoms with van der Waals surface area (Å²) in [5.41, 5.74) is 1.44. The molecular weight excluding hydrogens is 316 g/mol. The van der Waals surface area contributed by atoms with Crippen molar-refractivity contribution in [3.8, 4) is 0 Å². The number of nitrogens with one attached hydrogen (secondary N) is 2. The number of ether oxygens (including phenoxy) is 1. The van der Waals surface area contributed by atoms with E-state index in [2.05, 4.69) is 37.0 Å². The molecule has 2 heterocycles. The van der Waals surface area contributed by atoms with Crippen LogP contribution in [0, 0.1) is 0 Å². The fourth-order valence-electron chi connectivity index (χ4n) is 1.54. The van der Waals surface area contributed by atoms with Gasteiger partial charge in [-0.3, -0.25) is 0 Å². The predicted molar refractivity (Wildman–Crippen MR) is 74.7 cm³/mol. The third-order valence-electron chi connectivity index (χ3n) is 2.40. The van der Waals surface area contributed by atoms with Gasteiger partial charge in [-0.25, -0.2) is 4.79 Å². The zero-order valence-electron chi connectivity index (χ0n) is 9.83. The van der Waals surface area contributed by atoms with Crippen LogP contribution in [0.4, 0.5) is 0 Å². The molecule has 0 unspecified atom stereocenters. The Morgan fingerprint density at radius 3 is 2.89 bits per heavy atom. The van der Waals surface area contributed by atoms with Crippen LogP contribution in [-0.4, -0.2) is 18.1 Å². The van der Waals surface area contributed by atoms with E-state index in [0.717, 1.165) is 16.0 Å². The zero-order chi connectivity index (χ0) is 13.0. The maximum Gasteiger partial charge on any atom is 0.354 e. The van der Waals surface area contributed by atoms with E-state index in [1.165, 1.54) is 12.0 Å². The smallest absolute Gasteiger partial charge is 0.354 e. The summed E-state index contributed by atoms with van der Waals surface area (Å²) in [6, 6.07) is 7.72. The van der Waals surface area contributed by atoms with Gasteiger partial charge in [0.1, 0.15) is 5.69 Å². The number of rotatable bonds is 5. The number of esters is 1. The fraction of sp³-hybridized carbons (Fsp3) is 0.250. The number of halogens is 1. The summed E-state index contributed by atoms with van der Waals surface area (Å²) in [7, 11) is 1.37. The van der Waals surface area contributed by atoms with Gasteiger partial charge in [-0.1, -0.05) is 0 Å². The molecule has 0 aliphatic rings. The predicted octanol–water partition coefficient (Wildman–Crippen LogP) is 2.92. The van der Waals surface area contributed by atoms with E-state index in [4.69, 9.17) is 0 Å². The number of H-pyrrole nitrogens is 1. The normalized spacial score (nSPS) is 10.6. The maximum absolute atomic E-state index is 11.2. The van der Waals surface area contributed by atoms with Crippen molar-refractivity contribution in [2.75, 3.05) is 7.11 Å². The molecule has 0 amide bonds. The van der Waals surface area contributed by atoms with Gasteiger partial charge in [0.15, 0.2) is 0 Å². The SMILES string of the molecule is COC(=O)c1ccc(CNCc2ccc(Br)s2)[nH]1. The van der Waals surface area contributed by atoms with E-state index in [-0.39, 0.29) is 5.97 Å². The van der Waals surface area contributed by atoms with Gasteiger partial charge in [0, 0.05) is 23.7 Å². The second-order valence-corrected chi connectivity index (χ2v) is 6.25. The largest absolute Gasteiger partial charge is 0.464 e. The van der Waals surface area contributed by atoms with Gasteiger partial charge in [0.2, 0.25) is 0 Å². The zero-order valence-corrected chi connectivity index (χ0v) is 12.2. The Labute approximate surface area is 117 Å². The summed E-state index contributed by atoms with van der Waals surface area (Å²) in [4.78, 5) is 15.5. The highest BCUT2D eigenvalue weighted by Crippen LogP contribution is 2.21. The van der Waals surface area contributed by atoms with Crippen LogP contribution in [0.25, 0.3) is 0 Å². The van der Waals surface area contributed by atoms with E-state index < -0.39 is 0 Å².